The largest absolute Gasteiger partial charge is 0.468 e. The molecular formula is C11H23NO4. The van der Waals surface area contributed by atoms with Crippen LogP contribution in [0.15, 0.2) is 0 Å². The Labute approximate surface area is 97.3 Å². The number of carbonyl (C=O) groups excluding carboxylic acids is 1. The fourth-order valence-electron chi connectivity index (χ4n) is 1.40. The summed E-state index contributed by atoms with van der Waals surface area (Å²) < 4.78 is 9.71. The lowest BCUT2D eigenvalue weighted by molar-refractivity contribution is -0.142. The minimum Gasteiger partial charge on any atom is -0.468 e. The highest BCUT2D eigenvalue weighted by Gasteiger charge is 2.14. The van der Waals surface area contributed by atoms with Crippen LogP contribution in [0.4, 0.5) is 0 Å². The van der Waals surface area contributed by atoms with Crippen LogP contribution in [-0.4, -0.2) is 62.0 Å². The molecule has 0 aliphatic rings. The molecular weight excluding hydrogens is 210 g/mol. The van der Waals surface area contributed by atoms with Gasteiger partial charge in [-0.1, -0.05) is 6.92 Å². The van der Waals surface area contributed by atoms with Gasteiger partial charge in [0.2, 0.25) is 0 Å². The van der Waals surface area contributed by atoms with Gasteiger partial charge in [-0.15, -0.1) is 0 Å². The van der Waals surface area contributed by atoms with E-state index < -0.39 is 6.10 Å². The molecule has 0 rings (SSSR count). The molecule has 0 amide bonds. The van der Waals surface area contributed by atoms with Gasteiger partial charge >= 0.3 is 5.97 Å². The van der Waals surface area contributed by atoms with E-state index >= 15 is 0 Å². The Morgan fingerprint density at radius 3 is 2.62 bits per heavy atom. The summed E-state index contributed by atoms with van der Waals surface area (Å²) >= 11 is 0. The second-order valence-corrected chi connectivity index (χ2v) is 3.62. The van der Waals surface area contributed by atoms with Crippen LogP contribution in [0.1, 0.15) is 20.3 Å². The highest BCUT2D eigenvalue weighted by Crippen LogP contribution is 1.97. The zero-order valence-corrected chi connectivity index (χ0v) is 10.4. The summed E-state index contributed by atoms with van der Waals surface area (Å²) in [6, 6.07) is 0. The molecule has 0 heterocycles. The third-order valence-electron chi connectivity index (χ3n) is 2.10. The van der Waals surface area contributed by atoms with Gasteiger partial charge in [-0.2, -0.15) is 0 Å². The van der Waals surface area contributed by atoms with Gasteiger partial charge in [0.15, 0.2) is 0 Å². The van der Waals surface area contributed by atoms with Crippen LogP contribution in [0.2, 0.25) is 0 Å². The maximum absolute atomic E-state index is 11.1. The summed E-state index contributed by atoms with van der Waals surface area (Å²) in [5, 5.41) is 9.64. The summed E-state index contributed by atoms with van der Waals surface area (Å²) in [4.78, 5) is 13.0. The lowest BCUT2D eigenvalue weighted by Gasteiger charge is -2.23. The van der Waals surface area contributed by atoms with E-state index in [4.69, 9.17) is 4.74 Å². The summed E-state index contributed by atoms with van der Waals surface area (Å²) in [7, 11) is 1.36. The number of hydrogen-bond acceptors (Lipinski definition) is 5. The Morgan fingerprint density at radius 1 is 1.44 bits per heavy atom. The molecule has 0 saturated heterocycles. The van der Waals surface area contributed by atoms with Crippen molar-refractivity contribution < 1.29 is 19.4 Å². The average molecular weight is 233 g/mol. The van der Waals surface area contributed by atoms with Crippen LogP contribution in [0, 0.1) is 0 Å². The third kappa shape index (κ3) is 7.62. The first-order valence-corrected chi connectivity index (χ1v) is 5.68. The Hall–Kier alpha value is -0.650. The first-order valence-electron chi connectivity index (χ1n) is 5.68. The zero-order chi connectivity index (χ0) is 12.4. The highest BCUT2D eigenvalue weighted by atomic mass is 16.5. The van der Waals surface area contributed by atoms with Crippen LogP contribution in [0.25, 0.3) is 0 Å². The van der Waals surface area contributed by atoms with Crippen molar-refractivity contribution in [1.29, 1.82) is 0 Å². The molecule has 0 fully saturated rings. The van der Waals surface area contributed by atoms with Crippen molar-refractivity contribution in [2.75, 3.05) is 40.0 Å². The molecule has 5 heteroatoms. The number of hydrogen-bond donors (Lipinski definition) is 1. The molecule has 1 atom stereocenters. The van der Waals surface area contributed by atoms with Crippen LogP contribution in [-0.2, 0) is 14.3 Å². The van der Waals surface area contributed by atoms with Crippen LogP contribution >= 0.6 is 0 Å². The van der Waals surface area contributed by atoms with Gasteiger partial charge in [-0.3, -0.25) is 9.69 Å². The lowest BCUT2D eigenvalue weighted by Crippen LogP contribution is -2.39. The van der Waals surface area contributed by atoms with E-state index in [9.17, 15) is 9.90 Å². The number of rotatable bonds is 9. The van der Waals surface area contributed by atoms with Crippen molar-refractivity contribution in [3.8, 4) is 0 Å². The van der Waals surface area contributed by atoms with Gasteiger partial charge < -0.3 is 14.6 Å². The van der Waals surface area contributed by atoms with E-state index in [-0.39, 0.29) is 12.5 Å². The number of nitrogens with zero attached hydrogens (tertiary/aromatic N) is 1. The van der Waals surface area contributed by atoms with Gasteiger partial charge in [-0.25, -0.2) is 0 Å². The number of ether oxygens (including phenoxy) is 2. The number of methoxy groups -OCH3 is 1. The molecule has 0 bridgehead atoms. The second kappa shape index (κ2) is 9.57. The topological polar surface area (TPSA) is 59.0 Å². The van der Waals surface area contributed by atoms with E-state index in [1.165, 1.54) is 7.11 Å². The molecule has 1 N–H and O–H groups in total. The van der Waals surface area contributed by atoms with Gasteiger partial charge in [0.1, 0.15) is 0 Å². The molecule has 0 aliphatic heterocycles. The van der Waals surface area contributed by atoms with Gasteiger partial charge in [0, 0.05) is 13.2 Å². The van der Waals surface area contributed by atoms with Crippen molar-refractivity contribution in [1.82, 2.24) is 4.90 Å². The minimum atomic E-state index is -0.559. The van der Waals surface area contributed by atoms with Crippen molar-refractivity contribution in [2.45, 2.75) is 26.4 Å². The molecule has 0 aromatic rings. The third-order valence-corrected chi connectivity index (χ3v) is 2.10. The molecule has 0 aliphatic carbocycles. The van der Waals surface area contributed by atoms with Crippen molar-refractivity contribution in [2.24, 2.45) is 0 Å². The first-order chi connectivity index (χ1) is 7.63. The smallest absolute Gasteiger partial charge is 0.319 e. The SMILES string of the molecule is CCCN(CC(=O)OC)CC(O)COCC. The lowest BCUT2D eigenvalue weighted by atomic mass is 10.3. The quantitative estimate of drug-likeness (QED) is 0.579. The molecule has 0 radical (unpaired) electrons. The number of aliphatic hydroxyl groups excluding tert-OH is 1. The molecule has 1 unspecified atom stereocenters. The fourth-order valence-corrected chi connectivity index (χ4v) is 1.40. The van der Waals surface area contributed by atoms with Gasteiger partial charge in [0.05, 0.1) is 26.4 Å². The fraction of sp³-hybridized carbons (Fsp3) is 0.909. The Bertz CT molecular complexity index is 187. The number of aliphatic hydroxyl groups is 1. The Kier molecular flexibility index (Phi) is 9.18. The zero-order valence-electron chi connectivity index (χ0n) is 10.4. The van der Waals surface area contributed by atoms with Crippen molar-refractivity contribution >= 4 is 5.97 Å². The molecule has 0 saturated carbocycles. The summed E-state index contributed by atoms with van der Waals surface area (Å²) in [5.74, 6) is -0.281. The maximum Gasteiger partial charge on any atom is 0.319 e. The first kappa shape index (κ1) is 15.3. The van der Waals surface area contributed by atoms with Crippen molar-refractivity contribution in [3.63, 3.8) is 0 Å². The Balaban J connectivity index is 3.95. The molecule has 5 nitrogen and oxygen atoms in total. The standard InChI is InChI=1S/C11H23NO4/c1-4-6-12(8-11(14)15-3)7-10(13)9-16-5-2/h10,13H,4-9H2,1-3H3. The van der Waals surface area contributed by atoms with Crippen molar-refractivity contribution in [3.05, 3.63) is 0 Å². The summed E-state index contributed by atoms with van der Waals surface area (Å²) in [5.41, 5.74) is 0. The van der Waals surface area contributed by atoms with E-state index in [2.05, 4.69) is 4.74 Å². The summed E-state index contributed by atoms with van der Waals surface area (Å²) in [6.07, 6.45) is 0.370. The molecule has 0 aromatic carbocycles. The average Bonchev–Trinajstić information content (AvgIpc) is 2.26. The van der Waals surface area contributed by atoms with Crippen LogP contribution in [0.3, 0.4) is 0 Å². The van der Waals surface area contributed by atoms with Gasteiger partial charge in [0.25, 0.3) is 0 Å². The van der Waals surface area contributed by atoms with E-state index in [0.29, 0.717) is 19.8 Å². The van der Waals surface area contributed by atoms with Gasteiger partial charge in [-0.05, 0) is 19.9 Å². The summed E-state index contributed by atoms with van der Waals surface area (Å²) in [6.45, 7) is 6.21. The maximum atomic E-state index is 11.1. The van der Waals surface area contributed by atoms with E-state index in [1.54, 1.807) is 0 Å². The molecule has 0 spiro atoms. The normalized spacial score (nSPS) is 12.8. The predicted molar refractivity (Wildman–Crippen MR) is 61.2 cm³/mol. The van der Waals surface area contributed by atoms with Crippen LogP contribution < -0.4 is 0 Å². The molecule has 96 valence electrons. The predicted octanol–water partition coefficient (Wildman–Crippen LogP) is 0.269. The van der Waals surface area contributed by atoms with E-state index in [1.807, 2.05) is 18.7 Å². The Morgan fingerprint density at radius 2 is 2.12 bits per heavy atom. The molecule has 16 heavy (non-hydrogen) atoms. The van der Waals surface area contributed by atoms with E-state index in [0.717, 1.165) is 13.0 Å². The van der Waals surface area contributed by atoms with Crippen LogP contribution in [0.5, 0.6) is 0 Å². The second-order valence-electron chi connectivity index (χ2n) is 3.62. The molecule has 0 aromatic heterocycles. The number of esters is 1. The monoisotopic (exact) mass is 233 g/mol. The minimum absolute atomic E-state index is 0.216. The number of carbonyl (C=O) groups is 1. The highest BCUT2D eigenvalue weighted by molar-refractivity contribution is 5.71.